The summed E-state index contributed by atoms with van der Waals surface area (Å²) in [5.41, 5.74) is 0. The molecular formula is C7H4ClF3OS. The molecule has 0 aromatic heterocycles. The van der Waals surface area contributed by atoms with Crippen molar-refractivity contribution in [3.05, 3.63) is 23.2 Å². The van der Waals surface area contributed by atoms with Gasteiger partial charge in [0.1, 0.15) is 5.75 Å². The quantitative estimate of drug-likeness (QED) is 0.724. The number of hydrogen-bond acceptors (Lipinski definition) is 2. The minimum Gasteiger partial charge on any atom is -0.405 e. The second-order valence-corrected chi connectivity index (χ2v) is 3.08. The van der Waals surface area contributed by atoms with Crippen molar-refractivity contribution < 1.29 is 17.9 Å². The molecule has 0 saturated heterocycles. The third kappa shape index (κ3) is 3.36. The Morgan fingerprint density at radius 3 is 2.38 bits per heavy atom. The molecule has 6 heteroatoms. The Labute approximate surface area is 82.9 Å². The highest BCUT2D eigenvalue weighted by Gasteiger charge is 2.31. The molecule has 0 atom stereocenters. The monoisotopic (exact) mass is 228 g/mol. The number of halogens is 4. The van der Waals surface area contributed by atoms with Crippen molar-refractivity contribution in [2.45, 2.75) is 11.3 Å². The largest absolute Gasteiger partial charge is 0.573 e. The molecule has 0 spiro atoms. The second-order valence-electron chi connectivity index (χ2n) is 2.16. The van der Waals surface area contributed by atoms with E-state index in [0.717, 1.165) is 6.07 Å². The van der Waals surface area contributed by atoms with Gasteiger partial charge >= 0.3 is 6.36 Å². The van der Waals surface area contributed by atoms with E-state index in [1.807, 2.05) is 0 Å². The lowest BCUT2D eigenvalue weighted by Crippen LogP contribution is -2.17. The summed E-state index contributed by atoms with van der Waals surface area (Å²) in [5.74, 6) is -0.361. The number of alkyl halides is 3. The van der Waals surface area contributed by atoms with Crippen LogP contribution in [0.25, 0.3) is 0 Å². The van der Waals surface area contributed by atoms with E-state index in [1.165, 1.54) is 12.1 Å². The first kappa shape index (κ1) is 10.5. The van der Waals surface area contributed by atoms with Gasteiger partial charge < -0.3 is 4.74 Å². The molecule has 0 N–H and O–H groups in total. The van der Waals surface area contributed by atoms with Crippen molar-refractivity contribution in [2.75, 3.05) is 0 Å². The number of hydrogen-bond donors (Lipinski definition) is 1. The van der Waals surface area contributed by atoms with Crippen LogP contribution in [-0.2, 0) is 0 Å². The van der Waals surface area contributed by atoms with Gasteiger partial charge in [0.15, 0.2) is 0 Å². The lowest BCUT2D eigenvalue weighted by atomic mass is 10.3. The van der Waals surface area contributed by atoms with Crippen LogP contribution in [0.2, 0.25) is 5.02 Å². The summed E-state index contributed by atoms with van der Waals surface area (Å²) >= 11 is 9.27. The molecule has 0 amide bonds. The van der Waals surface area contributed by atoms with Crippen LogP contribution in [0.1, 0.15) is 0 Å². The molecule has 0 saturated carbocycles. The summed E-state index contributed by atoms with van der Waals surface area (Å²) in [5, 5.41) is 0.305. The Bertz CT molecular complexity index is 313. The highest BCUT2D eigenvalue weighted by Crippen LogP contribution is 2.30. The van der Waals surface area contributed by atoms with E-state index in [4.69, 9.17) is 11.6 Å². The first-order valence-electron chi connectivity index (χ1n) is 3.13. The van der Waals surface area contributed by atoms with Gasteiger partial charge in [0.2, 0.25) is 0 Å². The molecule has 0 fully saturated rings. The van der Waals surface area contributed by atoms with Crippen LogP contribution < -0.4 is 4.74 Å². The highest BCUT2D eigenvalue weighted by molar-refractivity contribution is 7.80. The highest BCUT2D eigenvalue weighted by atomic mass is 35.5. The molecule has 1 aromatic rings. The van der Waals surface area contributed by atoms with Gasteiger partial charge in [-0.15, -0.1) is 25.8 Å². The minimum atomic E-state index is -4.70. The van der Waals surface area contributed by atoms with Gasteiger partial charge in [0.25, 0.3) is 0 Å². The van der Waals surface area contributed by atoms with Crippen molar-refractivity contribution in [1.29, 1.82) is 0 Å². The Hall–Kier alpha value is -0.550. The van der Waals surface area contributed by atoms with Crippen molar-refractivity contribution in [1.82, 2.24) is 0 Å². The second kappa shape index (κ2) is 3.67. The van der Waals surface area contributed by atoms with Gasteiger partial charge in [0.05, 0.1) is 0 Å². The van der Waals surface area contributed by atoms with Crippen molar-refractivity contribution in [3.8, 4) is 5.75 Å². The maximum atomic E-state index is 11.7. The van der Waals surface area contributed by atoms with E-state index in [0.29, 0.717) is 5.02 Å². The Morgan fingerprint density at radius 1 is 1.31 bits per heavy atom. The lowest BCUT2D eigenvalue weighted by Gasteiger charge is -2.10. The first-order valence-corrected chi connectivity index (χ1v) is 3.95. The minimum absolute atomic E-state index is 0.0461. The summed E-state index contributed by atoms with van der Waals surface area (Å²) in [6, 6.07) is 3.67. The van der Waals surface area contributed by atoms with Crippen LogP contribution in [0.15, 0.2) is 23.1 Å². The third-order valence-corrected chi connectivity index (χ3v) is 1.73. The lowest BCUT2D eigenvalue weighted by molar-refractivity contribution is -0.275. The Balaban J connectivity index is 2.90. The van der Waals surface area contributed by atoms with E-state index >= 15 is 0 Å². The summed E-state index contributed by atoms with van der Waals surface area (Å²) in [6.07, 6.45) is -4.70. The van der Waals surface area contributed by atoms with Crippen molar-refractivity contribution >= 4 is 24.2 Å². The molecule has 0 aliphatic heterocycles. The van der Waals surface area contributed by atoms with Crippen molar-refractivity contribution in [3.63, 3.8) is 0 Å². The number of rotatable bonds is 1. The van der Waals surface area contributed by atoms with Crippen molar-refractivity contribution in [2.24, 2.45) is 0 Å². The molecule has 1 aromatic carbocycles. The maximum absolute atomic E-state index is 11.7. The van der Waals surface area contributed by atoms with Crippen LogP contribution in [0.4, 0.5) is 13.2 Å². The van der Waals surface area contributed by atoms with E-state index < -0.39 is 6.36 Å². The molecule has 72 valence electrons. The first-order chi connectivity index (χ1) is 5.88. The summed E-state index contributed by atoms with van der Waals surface area (Å²) in [7, 11) is 0. The third-order valence-electron chi connectivity index (χ3n) is 1.15. The van der Waals surface area contributed by atoms with E-state index in [2.05, 4.69) is 17.4 Å². The predicted octanol–water partition coefficient (Wildman–Crippen LogP) is 3.53. The average Bonchev–Trinajstić information content (AvgIpc) is 1.93. The van der Waals surface area contributed by atoms with Gasteiger partial charge in [-0.05, 0) is 18.2 Å². The molecule has 1 rings (SSSR count). The van der Waals surface area contributed by atoms with Gasteiger partial charge in [-0.2, -0.15) is 0 Å². The fourth-order valence-corrected chi connectivity index (χ4v) is 1.21. The maximum Gasteiger partial charge on any atom is 0.573 e. The molecule has 0 heterocycles. The normalized spacial score (nSPS) is 11.5. The molecule has 0 radical (unpaired) electrons. The fourth-order valence-electron chi connectivity index (χ4n) is 0.702. The Kier molecular flexibility index (Phi) is 2.98. The van der Waals surface area contributed by atoms with Gasteiger partial charge in [0, 0.05) is 9.92 Å². The van der Waals surface area contributed by atoms with Crippen LogP contribution in [-0.4, -0.2) is 6.36 Å². The van der Waals surface area contributed by atoms with E-state index in [-0.39, 0.29) is 10.6 Å². The zero-order chi connectivity index (χ0) is 10.1. The fraction of sp³-hybridized carbons (Fsp3) is 0.143. The molecule has 13 heavy (non-hydrogen) atoms. The van der Waals surface area contributed by atoms with Gasteiger partial charge in [-0.3, -0.25) is 0 Å². The average molecular weight is 229 g/mol. The standard InChI is InChI=1S/C7H4ClF3OS/c8-4-1-2-5(6(13)3-4)12-7(9,10)11/h1-3,13H. The topological polar surface area (TPSA) is 9.23 Å². The van der Waals surface area contributed by atoms with Crippen LogP contribution >= 0.6 is 24.2 Å². The van der Waals surface area contributed by atoms with Gasteiger partial charge in [-0.25, -0.2) is 0 Å². The molecular weight excluding hydrogens is 225 g/mol. The molecule has 0 aliphatic rings. The SMILES string of the molecule is FC(F)(F)Oc1ccc(Cl)cc1S. The zero-order valence-electron chi connectivity index (χ0n) is 6.10. The van der Waals surface area contributed by atoms with Gasteiger partial charge in [-0.1, -0.05) is 11.6 Å². The van der Waals surface area contributed by atoms with Crippen LogP contribution in [0.3, 0.4) is 0 Å². The Morgan fingerprint density at radius 2 is 1.92 bits per heavy atom. The summed E-state index contributed by atoms with van der Waals surface area (Å²) in [4.78, 5) is 0.0461. The summed E-state index contributed by atoms with van der Waals surface area (Å²) in [6.45, 7) is 0. The molecule has 0 aliphatic carbocycles. The molecule has 0 bridgehead atoms. The number of thiol groups is 1. The summed E-state index contributed by atoms with van der Waals surface area (Å²) < 4.78 is 38.9. The van der Waals surface area contributed by atoms with E-state index in [9.17, 15) is 13.2 Å². The van der Waals surface area contributed by atoms with Crippen LogP contribution in [0.5, 0.6) is 5.75 Å². The smallest absolute Gasteiger partial charge is 0.405 e. The van der Waals surface area contributed by atoms with E-state index in [1.54, 1.807) is 0 Å². The van der Waals surface area contributed by atoms with Crippen LogP contribution in [0, 0.1) is 0 Å². The molecule has 0 unspecified atom stereocenters. The number of ether oxygens (including phenoxy) is 1. The number of benzene rings is 1. The molecule has 1 nitrogen and oxygen atoms in total. The predicted molar refractivity (Wildman–Crippen MR) is 45.4 cm³/mol. The zero-order valence-corrected chi connectivity index (χ0v) is 7.75.